The largest absolute Gasteiger partial charge is 0.432 e. The standard InChI is InChI=1S/C30H32F8O2/c31-14-2-1-3-18-4-6-19(7-5-18)20-8-10-21(11-9-20)22-15-25(33)28(26(34)16-22)30(37,38)40-23-12-13-27(24(32)17-23)39-29(35)36/h1,3,12-13,15-21,29H,2,4-11,14H2/b3-1+. The molecule has 2 fully saturated rings. The van der Waals surface area contributed by atoms with Gasteiger partial charge in [0.05, 0.1) is 6.67 Å². The van der Waals surface area contributed by atoms with E-state index in [2.05, 4.69) is 15.5 Å². The van der Waals surface area contributed by atoms with Gasteiger partial charge in [-0.1, -0.05) is 12.2 Å². The molecule has 0 spiro atoms. The molecular formula is C30H32F8O2. The van der Waals surface area contributed by atoms with Crippen molar-refractivity contribution >= 4 is 0 Å². The summed E-state index contributed by atoms with van der Waals surface area (Å²) in [6.07, 6.45) is 7.48. The molecule has 2 aliphatic carbocycles. The molecule has 10 heteroatoms. The lowest BCUT2D eigenvalue weighted by Crippen LogP contribution is -2.26. The molecule has 0 atom stereocenters. The predicted octanol–water partition coefficient (Wildman–Crippen LogP) is 9.83. The monoisotopic (exact) mass is 576 g/mol. The number of ether oxygens (including phenoxy) is 2. The highest BCUT2D eigenvalue weighted by Gasteiger charge is 2.42. The zero-order chi connectivity index (χ0) is 28.9. The first-order chi connectivity index (χ1) is 19.1. The maximum Gasteiger partial charge on any atom is 0.432 e. The van der Waals surface area contributed by atoms with E-state index >= 15 is 0 Å². The second kappa shape index (κ2) is 13.3. The molecule has 0 N–H and O–H groups in total. The van der Waals surface area contributed by atoms with Crippen LogP contribution in [0.15, 0.2) is 42.5 Å². The average molecular weight is 577 g/mol. The highest BCUT2D eigenvalue weighted by molar-refractivity contribution is 5.35. The van der Waals surface area contributed by atoms with E-state index in [0.717, 1.165) is 56.7 Å². The molecule has 0 saturated heterocycles. The van der Waals surface area contributed by atoms with Crippen LogP contribution >= 0.6 is 0 Å². The molecule has 0 amide bonds. The molecule has 4 rings (SSSR count). The first kappa shape index (κ1) is 30.2. The summed E-state index contributed by atoms with van der Waals surface area (Å²) in [7, 11) is 0. The van der Waals surface area contributed by atoms with Crippen molar-refractivity contribution in [1.82, 2.24) is 0 Å². The molecule has 2 aliphatic rings. The van der Waals surface area contributed by atoms with Crippen LogP contribution in [0.1, 0.15) is 74.8 Å². The Morgan fingerprint density at radius 1 is 0.825 bits per heavy atom. The lowest BCUT2D eigenvalue weighted by Gasteiger charge is -2.37. The van der Waals surface area contributed by atoms with Crippen LogP contribution in [0.25, 0.3) is 0 Å². The van der Waals surface area contributed by atoms with Crippen LogP contribution in [0.3, 0.4) is 0 Å². The van der Waals surface area contributed by atoms with Gasteiger partial charge in [0.1, 0.15) is 22.9 Å². The summed E-state index contributed by atoms with van der Waals surface area (Å²) in [4.78, 5) is 0. The first-order valence-electron chi connectivity index (χ1n) is 13.6. The van der Waals surface area contributed by atoms with Gasteiger partial charge in [-0.15, -0.1) is 0 Å². The highest BCUT2D eigenvalue weighted by Crippen LogP contribution is 2.45. The van der Waals surface area contributed by atoms with Crippen molar-refractivity contribution in [1.29, 1.82) is 0 Å². The average Bonchev–Trinajstić information content (AvgIpc) is 2.90. The van der Waals surface area contributed by atoms with Crippen molar-refractivity contribution in [3.63, 3.8) is 0 Å². The number of rotatable bonds is 10. The minimum absolute atomic E-state index is 0.166. The number of benzene rings is 2. The topological polar surface area (TPSA) is 18.5 Å². The molecule has 0 aliphatic heterocycles. The van der Waals surface area contributed by atoms with E-state index in [4.69, 9.17) is 0 Å². The third-order valence-corrected chi connectivity index (χ3v) is 8.13. The third kappa shape index (κ3) is 7.49. The minimum atomic E-state index is -4.50. The van der Waals surface area contributed by atoms with Crippen LogP contribution in [0, 0.1) is 35.2 Å². The SMILES string of the molecule is FCC/C=C/C1CCC(C2CCC(c3cc(F)c(C(F)(F)Oc4ccc(OC(F)F)c(F)c4)c(F)c3)CC2)CC1. The van der Waals surface area contributed by atoms with E-state index < -0.39 is 47.2 Å². The normalized spacial score (nSPS) is 24.0. The molecule has 0 heterocycles. The summed E-state index contributed by atoms with van der Waals surface area (Å²) < 4.78 is 118. The highest BCUT2D eigenvalue weighted by atomic mass is 19.3. The van der Waals surface area contributed by atoms with Gasteiger partial charge in [0, 0.05) is 6.07 Å². The number of hydrogen-bond acceptors (Lipinski definition) is 2. The maximum absolute atomic E-state index is 14.9. The molecule has 2 aromatic carbocycles. The Balaban J connectivity index is 1.36. The maximum atomic E-state index is 14.9. The molecule has 0 aromatic heterocycles. The van der Waals surface area contributed by atoms with E-state index in [-0.39, 0.29) is 12.6 Å². The molecule has 0 unspecified atom stereocenters. The second-order valence-electron chi connectivity index (χ2n) is 10.6. The van der Waals surface area contributed by atoms with Crippen LogP contribution in [0.5, 0.6) is 11.5 Å². The minimum Gasteiger partial charge on any atom is -0.432 e. The predicted molar refractivity (Wildman–Crippen MR) is 134 cm³/mol. The first-order valence-corrected chi connectivity index (χ1v) is 13.6. The summed E-state index contributed by atoms with van der Waals surface area (Å²) >= 11 is 0. The van der Waals surface area contributed by atoms with Gasteiger partial charge in [0.25, 0.3) is 0 Å². The number of alkyl halides is 5. The number of hydrogen-bond donors (Lipinski definition) is 0. The Morgan fingerprint density at radius 3 is 1.98 bits per heavy atom. The molecule has 2 aromatic rings. The van der Waals surface area contributed by atoms with Crippen molar-refractivity contribution in [2.45, 2.75) is 76.4 Å². The quantitative estimate of drug-likeness (QED) is 0.207. The van der Waals surface area contributed by atoms with E-state index in [0.29, 0.717) is 54.7 Å². The summed E-state index contributed by atoms with van der Waals surface area (Å²) in [6, 6.07) is 3.54. The van der Waals surface area contributed by atoms with Gasteiger partial charge in [0.15, 0.2) is 11.6 Å². The molecule has 2 saturated carbocycles. The van der Waals surface area contributed by atoms with Gasteiger partial charge in [-0.3, -0.25) is 4.39 Å². The summed E-state index contributed by atoms with van der Waals surface area (Å²) in [5, 5.41) is 0. The van der Waals surface area contributed by atoms with E-state index in [1.54, 1.807) is 0 Å². The smallest absolute Gasteiger partial charge is 0.432 e. The van der Waals surface area contributed by atoms with Crippen molar-refractivity contribution in [3.05, 3.63) is 71.1 Å². The fourth-order valence-corrected chi connectivity index (χ4v) is 6.13. The van der Waals surface area contributed by atoms with Gasteiger partial charge < -0.3 is 9.47 Å². The van der Waals surface area contributed by atoms with E-state index in [9.17, 15) is 35.1 Å². The van der Waals surface area contributed by atoms with Gasteiger partial charge in [-0.25, -0.2) is 13.2 Å². The fraction of sp³-hybridized carbons (Fsp3) is 0.533. The Hall–Kier alpha value is -2.78. The Kier molecular flexibility index (Phi) is 10.0. The molecule has 2 nitrogen and oxygen atoms in total. The summed E-state index contributed by atoms with van der Waals surface area (Å²) in [5.74, 6) is -4.68. The lowest BCUT2D eigenvalue weighted by atomic mass is 9.68. The Bertz CT molecular complexity index is 1130. The van der Waals surface area contributed by atoms with Gasteiger partial charge in [0.2, 0.25) is 0 Å². The van der Waals surface area contributed by atoms with Gasteiger partial charge >= 0.3 is 12.7 Å². The second-order valence-corrected chi connectivity index (χ2v) is 10.6. The molecule has 40 heavy (non-hydrogen) atoms. The van der Waals surface area contributed by atoms with Crippen molar-refractivity contribution in [3.8, 4) is 11.5 Å². The number of allylic oxidation sites excluding steroid dienone is 2. The van der Waals surface area contributed by atoms with Crippen LogP contribution in [-0.4, -0.2) is 13.3 Å². The molecule has 220 valence electrons. The van der Waals surface area contributed by atoms with Crippen LogP contribution < -0.4 is 9.47 Å². The van der Waals surface area contributed by atoms with Crippen LogP contribution in [0.2, 0.25) is 0 Å². The fourth-order valence-electron chi connectivity index (χ4n) is 6.13. The number of halogens is 8. The van der Waals surface area contributed by atoms with Crippen molar-refractivity contribution < 1.29 is 44.6 Å². The molecule has 0 radical (unpaired) electrons. The summed E-state index contributed by atoms with van der Waals surface area (Å²) in [6.45, 7) is -3.68. The van der Waals surface area contributed by atoms with Gasteiger partial charge in [-0.05, 0) is 111 Å². The van der Waals surface area contributed by atoms with Crippen LogP contribution in [-0.2, 0) is 6.11 Å². The van der Waals surface area contributed by atoms with Crippen molar-refractivity contribution in [2.75, 3.05) is 6.67 Å². The molecular weight excluding hydrogens is 544 g/mol. The molecule has 0 bridgehead atoms. The Morgan fingerprint density at radius 2 is 1.43 bits per heavy atom. The third-order valence-electron chi connectivity index (χ3n) is 8.13. The van der Waals surface area contributed by atoms with E-state index in [1.807, 2.05) is 6.08 Å². The zero-order valence-electron chi connectivity index (χ0n) is 21.8. The van der Waals surface area contributed by atoms with Crippen LogP contribution in [0.4, 0.5) is 35.1 Å². The zero-order valence-corrected chi connectivity index (χ0v) is 21.8. The van der Waals surface area contributed by atoms with Gasteiger partial charge in [-0.2, -0.15) is 17.6 Å². The Labute approximate surface area is 228 Å². The van der Waals surface area contributed by atoms with Crippen molar-refractivity contribution in [2.24, 2.45) is 17.8 Å². The lowest BCUT2D eigenvalue weighted by molar-refractivity contribution is -0.189. The summed E-state index contributed by atoms with van der Waals surface area (Å²) in [5.41, 5.74) is -1.31. The van der Waals surface area contributed by atoms with E-state index in [1.165, 1.54) is 0 Å².